The summed E-state index contributed by atoms with van der Waals surface area (Å²) in [6.45, 7) is 0. The first-order chi connectivity index (χ1) is 12.0. The van der Waals surface area contributed by atoms with E-state index in [0.717, 1.165) is 18.2 Å². The van der Waals surface area contributed by atoms with Gasteiger partial charge in [-0.25, -0.2) is 4.79 Å². The number of rotatable bonds is 4. The van der Waals surface area contributed by atoms with Gasteiger partial charge < -0.3 is 41.1 Å². The number of phenolic OH excluding ortho intramolecular Hbond substituents is 3. The van der Waals surface area contributed by atoms with E-state index >= 15 is 0 Å². The standard InChI is InChI=1S/C16H19NO9/c18-9-3-7(4-10(19)14(9)23)1-2-12(21)17-8-5-16(26,15(24)25)6-11(20)13(8)22/h1-4,8,11,13,18-20,22-23,26H,5-6H2,(H,17,21)(H,24,25)/b2-1-/t8-,11+,13-,16+/m0/s1. The van der Waals surface area contributed by atoms with Crippen LogP contribution in [0.4, 0.5) is 0 Å². The van der Waals surface area contributed by atoms with Crippen molar-refractivity contribution in [2.45, 2.75) is 36.7 Å². The van der Waals surface area contributed by atoms with Gasteiger partial charge in [-0.15, -0.1) is 0 Å². The zero-order chi connectivity index (χ0) is 19.6. The molecule has 10 heteroatoms. The zero-order valence-electron chi connectivity index (χ0n) is 13.4. The molecule has 142 valence electrons. The van der Waals surface area contributed by atoms with Gasteiger partial charge in [-0.3, -0.25) is 4.79 Å². The molecule has 1 aromatic rings. The van der Waals surface area contributed by atoms with E-state index in [-0.39, 0.29) is 5.56 Å². The van der Waals surface area contributed by atoms with E-state index < -0.39 is 65.8 Å². The van der Waals surface area contributed by atoms with Crippen LogP contribution in [0.5, 0.6) is 17.2 Å². The number of hydrogen-bond donors (Lipinski definition) is 8. The lowest BCUT2D eigenvalue weighted by Gasteiger charge is -2.39. The summed E-state index contributed by atoms with van der Waals surface area (Å²) in [7, 11) is 0. The Morgan fingerprint density at radius 1 is 1.12 bits per heavy atom. The maximum Gasteiger partial charge on any atom is 0.335 e. The summed E-state index contributed by atoms with van der Waals surface area (Å²) in [5.41, 5.74) is -2.10. The van der Waals surface area contributed by atoms with Crippen LogP contribution in [0, 0.1) is 0 Å². The molecule has 0 unspecified atom stereocenters. The van der Waals surface area contributed by atoms with Gasteiger partial charge in [0.25, 0.3) is 0 Å². The molecular weight excluding hydrogens is 350 g/mol. The molecule has 0 aromatic heterocycles. The largest absolute Gasteiger partial charge is 0.504 e. The minimum absolute atomic E-state index is 0.180. The molecule has 0 heterocycles. The van der Waals surface area contributed by atoms with Gasteiger partial charge in [0.1, 0.15) is 6.10 Å². The van der Waals surface area contributed by atoms with Crippen molar-refractivity contribution in [3.63, 3.8) is 0 Å². The van der Waals surface area contributed by atoms with Gasteiger partial charge in [0.15, 0.2) is 22.8 Å². The number of aromatic hydroxyl groups is 3. The second-order valence-corrected chi connectivity index (χ2v) is 6.16. The van der Waals surface area contributed by atoms with Crippen molar-refractivity contribution in [3.8, 4) is 17.2 Å². The molecule has 4 atom stereocenters. The quantitative estimate of drug-likeness (QED) is 0.234. The summed E-state index contributed by atoms with van der Waals surface area (Å²) in [5, 5.41) is 69.0. The number of hydrogen-bond acceptors (Lipinski definition) is 8. The summed E-state index contributed by atoms with van der Waals surface area (Å²) in [6.07, 6.45) is -1.92. The lowest BCUT2D eigenvalue weighted by atomic mass is 9.78. The van der Waals surface area contributed by atoms with E-state index in [0.29, 0.717) is 0 Å². The normalized spacial score (nSPS) is 28.8. The molecule has 0 bridgehead atoms. The van der Waals surface area contributed by atoms with Crippen molar-refractivity contribution < 1.29 is 45.3 Å². The molecule has 0 saturated heterocycles. The number of phenols is 3. The minimum Gasteiger partial charge on any atom is -0.504 e. The maximum absolute atomic E-state index is 12.0. The third-order valence-electron chi connectivity index (χ3n) is 4.16. The molecule has 8 N–H and O–H groups in total. The van der Waals surface area contributed by atoms with Crippen LogP contribution >= 0.6 is 0 Å². The third kappa shape index (κ3) is 4.04. The van der Waals surface area contributed by atoms with Crippen LogP contribution in [0.3, 0.4) is 0 Å². The Labute approximate surface area is 147 Å². The second-order valence-electron chi connectivity index (χ2n) is 6.16. The smallest absolute Gasteiger partial charge is 0.335 e. The van der Waals surface area contributed by atoms with E-state index in [2.05, 4.69) is 5.32 Å². The Balaban J connectivity index is 2.09. The lowest BCUT2D eigenvalue weighted by molar-refractivity contribution is -0.175. The Morgan fingerprint density at radius 3 is 2.23 bits per heavy atom. The molecule has 0 radical (unpaired) electrons. The van der Waals surface area contributed by atoms with Gasteiger partial charge in [-0.05, 0) is 23.8 Å². The summed E-state index contributed by atoms with van der Waals surface area (Å²) in [6, 6.07) is 0.959. The molecular formula is C16H19NO9. The van der Waals surface area contributed by atoms with Crippen molar-refractivity contribution in [2.75, 3.05) is 0 Å². The van der Waals surface area contributed by atoms with Gasteiger partial charge in [-0.2, -0.15) is 0 Å². The second kappa shape index (κ2) is 7.20. The van der Waals surface area contributed by atoms with Crippen LogP contribution in [0.15, 0.2) is 18.2 Å². The van der Waals surface area contributed by atoms with E-state index in [4.69, 9.17) is 5.11 Å². The molecule has 2 rings (SSSR count). The molecule has 10 nitrogen and oxygen atoms in total. The van der Waals surface area contributed by atoms with Crippen molar-refractivity contribution in [1.29, 1.82) is 0 Å². The molecule has 1 aromatic carbocycles. The average molecular weight is 369 g/mol. The average Bonchev–Trinajstić information content (AvgIpc) is 2.55. The van der Waals surface area contributed by atoms with Crippen molar-refractivity contribution in [2.24, 2.45) is 0 Å². The van der Waals surface area contributed by atoms with Gasteiger partial charge in [0.2, 0.25) is 5.91 Å². The number of amides is 1. The number of nitrogens with one attached hydrogen (secondary N) is 1. The Hall–Kier alpha value is -2.82. The number of carboxylic acid groups (broad SMARTS) is 1. The van der Waals surface area contributed by atoms with Gasteiger partial charge in [0, 0.05) is 18.9 Å². The van der Waals surface area contributed by atoms with E-state index in [1.165, 1.54) is 6.08 Å². The van der Waals surface area contributed by atoms with Gasteiger partial charge in [-0.1, -0.05) is 0 Å². The van der Waals surface area contributed by atoms with Crippen LogP contribution in [0.1, 0.15) is 18.4 Å². The predicted octanol–water partition coefficient (Wildman–Crippen LogP) is -1.37. The zero-order valence-corrected chi connectivity index (χ0v) is 13.4. The number of benzene rings is 1. The maximum atomic E-state index is 12.0. The predicted molar refractivity (Wildman–Crippen MR) is 86.2 cm³/mol. The van der Waals surface area contributed by atoms with E-state index in [1.807, 2.05) is 0 Å². The Bertz CT molecular complexity index is 724. The third-order valence-corrected chi connectivity index (χ3v) is 4.16. The number of aliphatic hydroxyl groups is 3. The van der Waals surface area contributed by atoms with E-state index in [9.17, 15) is 40.2 Å². The highest BCUT2D eigenvalue weighted by Crippen LogP contribution is 2.35. The molecule has 0 spiro atoms. The fourth-order valence-electron chi connectivity index (χ4n) is 2.74. The SMILES string of the molecule is O=C(/C=C\c1cc(O)c(O)c(O)c1)N[C@H]1C[C@](O)(C(=O)O)C[C@@H](O)[C@H]1O. The van der Waals surface area contributed by atoms with Gasteiger partial charge >= 0.3 is 5.97 Å². The first-order valence-electron chi connectivity index (χ1n) is 7.59. The number of carbonyl (C=O) groups is 2. The fourth-order valence-corrected chi connectivity index (χ4v) is 2.74. The van der Waals surface area contributed by atoms with Crippen LogP contribution in [-0.4, -0.2) is 71.5 Å². The number of aliphatic hydroxyl groups excluding tert-OH is 2. The molecule has 0 aliphatic heterocycles. The van der Waals surface area contributed by atoms with Gasteiger partial charge in [0.05, 0.1) is 12.1 Å². The Kier molecular flexibility index (Phi) is 5.40. The topological polar surface area (TPSA) is 188 Å². The molecule has 1 aliphatic carbocycles. The summed E-state index contributed by atoms with van der Waals surface area (Å²) in [5.74, 6) is -4.25. The summed E-state index contributed by atoms with van der Waals surface area (Å²) in [4.78, 5) is 23.1. The molecule has 26 heavy (non-hydrogen) atoms. The van der Waals surface area contributed by atoms with Crippen LogP contribution in [-0.2, 0) is 9.59 Å². The van der Waals surface area contributed by atoms with Crippen LogP contribution in [0.2, 0.25) is 0 Å². The highest BCUT2D eigenvalue weighted by molar-refractivity contribution is 5.92. The highest BCUT2D eigenvalue weighted by atomic mass is 16.4. The lowest BCUT2D eigenvalue weighted by Crippen LogP contribution is -2.60. The highest BCUT2D eigenvalue weighted by Gasteiger charge is 2.49. The summed E-state index contributed by atoms with van der Waals surface area (Å²) >= 11 is 0. The Morgan fingerprint density at radius 2 is 1.69 bits per heavy atom. The van der Waals surface area contributed by atoms with Crippen LogP contribution in [0.25, 0.3) is 6.08 Å². The number of carbonyl (C=O) groups excluding carboxylic acids is 1. The molecule has 1 amide bonds. The molecule has 1 aliphatic rings. The minimum atomic E-state index is -2.28. The van der Waals surface area contributed by atoms with E-state index in [1.54, 1.807) is 0 Å². The van der Waals surface area contributed by atoms with Crippen molar-refractivity contribution in [3.05, 3.63) is 23.8 Å². The first-order valence-corrected chi connectivity index (χ1v) is 7.59. The monoisotopic (exact) mass is 369 g/mol. The van der Waals surface area contributed by atoms with Crippen molar-refractivity contribution in [1.82, 2.24) is 5.32 Å². The summed E-state index contributed by atoms with van der Waals surface area (Å²) < 4.78 is 0. The van der Waals surface area contributed by atoms with Crippen molar-refractivity contribution >= 4 is 18.0 Å². The number of carboxylic acids is 1. The van der Waals surface area contributed by atoms with Crippen LogP contribution < -0.4 is 5.32 Å². The fraction of sp³-hybridized carbons (Fsp3) is 0.375. The number of aliphatic carboxylic acids is 1. The molecule has 1 fully saturated rings. The molecule has 1 saturated carbocycles. The first kappa shape index (κ1) is 19.5.